The first-order valence-corrected chi connectivity index (χ1v) is 32.4. The minimum atomic E-state index is -1.96. The van der Waals surface area contributed by atoms with Crippen LogP contribution in [0.4, 0.5) is 0 Å². The fourth-order valence-electron chi connectivity index (χ4n) is 11.8. The maximum absolute atomic E-state index is 14.2. The molecular formula is C64H100O26. The van der Waals surface area contributed by atoms with Crippen LogP contribution in [-0.2, 0) is 85.5 Å². The van der Waals surface area contributed by atoms with E-state index < -0.39 is 196 Å². The lowest BCUT2D eigenvalue weighted by Gasteiger charge is -2.51. The second-order valence-corrected chi connectivity index (χ2v) is 25.0. The number of carbonyl (C=O) groups excluding carboxylic acids is 4. The molecule has 6 aliphatic heterocycles. The number of ether oxygens (including phenoxy) is 14. The Labute approximate surface area is 526 Å². The van der Waals surface area contributed by atoms with Crippen LogP contribution in [0.3, 0.4) is 0 Å². The molecular weight excluding hydrogens is 1180 g/mol. The monoisotopic (exact) mass is 1280 g/mol. The van der Waals surface area contributed by atoms with E-state index in [1.54, 1.807) is 58.0 Å². The Morgan fingerprint density at radius 2 is 1.16 bits per heavy atom. The third-order valence-electron chi connectivity index (χ3n) is 17.6. The van der Waals surface area contributed by atoms with Crippen molar-refractivity contribution in [2.45, 2.75) is 312 Å². The molecule has 6 fully saturated rings. The van der Waals surface area contributed by atoms with Gasteiger partial charge in [0.05, 0.1) is 49.0 Å². The van der Waals surface area contributed by atoms with Crippen LogP contribution < -0.4 is 0 Å². The van der Waals surface area contributed by atoms with E-state index in [9.17, 15) is 60.0 Å². The number of hydrogen-bond donors (Lipinski definition) is 8. The van der Waals surface area contributed by atoms with Crippen LogP contribution in [-0.4, -0.2) is 231 Å². The van der Waals surface area contributed by atoms with Crippen LogP contribution in [0.15, 0.2) is 36.4 Å². The van der Waals surface area contributed by atoms with Crippen molar-refractivity contribution in [3.8, 4) is 0 Å². The van der Waals surface area contributed by atoms with Gasteiger partial charge in [0.15, 0.2) is 55.9 Å². The fourth-order valence-corrected chi connectivity index (χ4v) is 11.8. The smallest absolute Gasteiger partial charge is 0.331 e. The molecule has 7 rings (SSSR count). The number of fused-ring (bicyclic) bond motifs is 2. The number of rotatable bonds is 19. The van der Waals surface area contributed by atoms with E-state index in [2.05, 4.69) is 6.92 Å². The van der Waals surface area contributed by atoms with Gasteiger partial charge in [-0.25, -0.2) is 4.79 Å². The molecule has 1 aromatic carbocycles. The number of aliphatic hydroxyl groups is 8. The standard InChI is InChI=1S/C64H100O26/c1-10-12-19-26-39-27-22-16-14-13-15-17-23-28-41(66)84-55-48(73)50(35(7)79-62(55)89-54-46(71)44(69)40(31-65)82-63(54)81-39)87-64-57(86-59(76)33(5)11-2)56(90-60-47(72)45(70)43(68)34(6)77-60)52(37(9)80-64)88-61-49(74)53(51(36(8)78-61)85-58(75)32(3)4)83-42(67)30-29-38-24-20-18-21-25-38/h18,20-21,24-25,29-30,32-37,39-40,43-57,60-65,68-74H,10-17,19,22-23,26-28,31H2,1-9H3/t33-,34-,35-,36-,37-,39-,40+,43-,44+,45+,46-,47+,48+,49+,50-,51-,52-,53-,54+,55+,56+,57+,60-,61-,62-,63+,64-/m0/s1. The van der Waals surface area contributed by atoms with Crippen molar-refractivity contribution in [1.82, 2.24) is 0 Å². The summed E-state index contributed by atoms with van der Waals surface area (Å²) in [4.78, 5) is 54.9. The predicted molar refractivity (Wildman–Crippen MR) is 314 cm³/mol. The molecule has 90 heavy (non-hydrogen) atoms. The molecule has 8 N–H and O–H groups in total. The average molecular weight is 1290 g/mol. The first-order chi connectivity index (χ1) is 43.0. The maximum Gasteiger partial charge on any atom is 0.331 e. The number of aliphatic hydroxyl groups excluding tert-OH is 8. The quantitative estimate of drug-likeness (QED) is 0.0426. The maximum atomic E-state index is 14.2. The summed E-state index contributed by atoms with van der Waals surface area (Å²) in [6.45, 7) is 13.8. The van der Waals surface area contributed by atoms with Gasteiger partial charge in [-0.05, 0) is 65.0 Å². The van der Waals surface area contributed by atoms with E-state index in [-0.39, 0.29) is 18.9 Å². The van der Waals surface area contributed by atoms with Crippen molar-refractivity contribution in [2.75, 3.05) is 6.61 Å². The van der Waals surface area contributed by atoms with Crippen LogP contribution >= 0.6 is 0 Å². The molecule has 0 aliphatic carbocycles. The van der Waals surface area contributed by atoms with Gasteiger partial charge >= 0.3 is 23.9 Å². The lowest BCUT2D eigenvalue weighted by Crippen LogP contribution is -2.68. The van der Waals surface area contributed by atoms with Crippen molar-refractivity contribution in [3.63, 3.8) is 0 Å². The highest BCUT2D eigenvalue weighted by atomic mass is 16.8. The second-order valence-electron chi connectivity index (χ2n) is 25.0. The lowest BCUT2D eigenvalue weighted by atomic mass is 9.95. The van der Waals surface area contributed by atoms with Gasteiger partial charge in [-0.15, -0.1) is 0 Å². The van der Waals surface area contributed by atoms with E-state index in [1.807, 2.05) is 0 Å². The van der Waals surface area contributed by atoms with Crippen molar-refractivity contribution in [1.29, 1.82) is 0 Å². The lowest BCUT2D eigenvalue weighted by molar-refractivity contribution is -0.400. The van der Waals surface area contributed by atoms with E-state index in [4.69, 9.17) is 66.3 Å². The molecule has 0 aromatic heterocycles. The molecule has 0 saturated carbocycles. The number of benzene rings is 1. The van der Waals surface area contributed by atoms with Gasteiger partial charge in [0, 0.05) is 12.5 Å². The molecule has 0 bridgehead atoms. The summed E-state index contributed by atoms with van der Waals surface area (Å²) >= 11 is 0. The zero-order valence-corrected chi connectivity index (χ0v) is 53.2. The number of unbranched alkanes of at least 4 members (excludes halogenated alkanes) is 2. The van der Waals surface area contributed by atoms with Crippen LogP contribution in [0.1, 0.15) is 158 Å². The van der Waals surface area contributed by atoms with E-state index in [1.165, 1.54) is 33.8 Å². The van der Waals surface area contributed by atoms with Crippen LogP contribution in [0.25, 0.3) is 6.08 Å². The first-order valence-electron chi connectivity index (χ1n) is 32.4. The Morgan fingerprint density at radius 1 is 0.556 bits per heavy atom. The molecule has 0 unspecified atom stereocenters. The van der Waals surface area contributed by atoms with Gasteiger partial charge in [0.1, 0.15) is 73.2 Å². The largest absolute Gasteiger partial charge is 0.455 e. The molecule has 6 saturated heterocycles. The summed E-state index contributed by atoms with van der Waals surface area (Å²) in [6, 6.07) is 8.82. The predicted octanol–water partition coefficient (Wildman–Crippen LogP) is 3.30. The summed E-state index contributed by atoms with van der Waals surface area (Å²) in [7, 11) is 0. The Bertz CT molecular complexity index is 2380. The van der Waals surface area contributed by atoms with Gasteiger partial charge < -0.3 is 107 Å². The van der Waals surface area contributed by atoms with E-state index in [0.29, 0.717) is 31.2 Å². The first kappa shape index (κ1) is 73.5. The normalized spacial score (nSPS) is 40.7. The van der Waals surface area contributed by atoms with Crippen molar-refractivity contribution < 1.29 is 126 Å². The average Bonchev–Trinajstić information content (AvgIpc) is 0.807. The number of hydrogen-bond acceptors (Lipinski definition) is 26. The van der Waals surface area contributed by atoms with Crippen LogP contribution in [0, 0.1) is 11.8 Å². The van der Waals surface area contributed by atoms with Crippen LogP contribution in [0.5, 0.6) is 0 Å². The van der Waals surface area contributed by atoms with Crippen molar-refractivity contribution in [3.05, 3.63) is 42.0 Å². The highest BCUT2D eigenvalue weighted by Crippen LogP contribution is 2.40. The van der Waals surface area contributed by atoms with Gasteiger partial charge in [0.25, 0.3) is 0 Å². The second kappa shape index (κ2) is 35.0. The summed E-state index contributed by atoms with van der Waals surface area (Å²) in [6.07, 6.45) is -28.3. The minimum absolute atomic E-state index is 0.0681. The molecule has 26 nitrogen and oxygen atoms in total. The Hall–Kier alpha value is -3.88. The topological polar surface area (TPSA) is 359 Å². The number of esters is 4. The third-order valence-corrected chi connectivity index (χ3v) is 17.6. The molecule has 0 amide bonds. The molecule has 27 atom stereocenters. The SMILES string of the molecule is CCCCC[C@H]1CCCCCCCCCC(=O)O[C@H]2[C@H](O[C@H]3[C@H](O1)O[C@H](CO)[C@@H](O)[C@@H]3O)O[C@@H](C)[C@H](O[C@@H]1O[C@@H](C)[C@H](O[C@@H]3O[C@@H](C)[C@H](OC(=O)C(C)C)[C@@H](OC(=O)C=Cc4ccccc4)[C@H]3O)[C@@H](O[C@@H]3O[C@@H](C)[C@H](O)[C@@H](O)[C@H]3O)[C@H]1OC(=O)[C@@H](C)CC)[C@H]2O. The Balaban J connectivity index is 1.24. The molecule has 1 aromatic rings. The molecule has 0 spiro atoms. The summed E-state index contributed by atoms with van der Waals surface area (Å²) < 4.78 is 88.3. The van der Waals surface area contributed by atoms with Gasteiger partial charge in [-0.2, -0.15) is 0 Å². The summed E-state index contributed by atoms with van der Waals surface area (Å²) in [5.41, 5.74) is 0.653. The zero-order chi connectivity index (χ0) is 65.5. The van der Waals surface area contributed by atoms with Crippen molar-refractivity contribution in [2.24, 2.45) is 11.8 Å². The molecule has 26 heteroatoms. The molecule has 6 aliphatic rings. The zero-order valence-electron chi connectivity index (χ0n) is 53.2. The van der Waals surface area contributed by atoms with Gasteiger partial charge in [-0.3, -0.25) is 14.4 Å². The van der Waals surface area contributed by atoms with E-state index in [0.717, 1.165) is 57.4 Å². The molecule has 0 radical (unpaired) electrons. The summed E-state index contributed by atoms with van der Waals surface area (Å²) in [5.74, 6) is -4.65. The van der Waals surface area contributed by atoms with E-state index >= 15 is 0 Å². The van der Waals surface area contributed by atoms with Crippen LogP contribution in [0.2, 0.25) is 0 Å². The van der Waals surface area contributed by atoms with Crippen molar-refractivity contribution >= 4 is 30.0 Å². The number of carbonyl (C=O) groups is 4. The Kier molecular flexibility index (Phi) is 28.6. The van der Waals surface area contributed by atoms with Gasteiger partial charge in [-0.1, -0.05) is 123 Å². The third kappa shape index (κ3) is 19.2. The van der Waals surface area contributed by atoms with Gasteiger partial charge in [0.2, 0.25) is 0 Å². The fraction of sp³-hybridized carbons (Fsp3) is 0.812. The molecule has 512 valence electrons. The highest BCUT2D eigenvalue weighted by molar-refractivity contribution is 5.87. The minimum Gasteiger partial charge on any atom is -0.455 e. The summed E-state index contributed by atoms with van der Waals surface area (Å²) in [5, 5.41) is 91.6. The highest BCUT2D eigenvalue weighted by Gasteiger charge is 2.59. The Morgan fingerprint density at radius 3 is 1.83 bits per heavy atom. The molecule has 6 heterocycles.